The first-order chi connectivity index (χ1) is 1.73. The van der Waals surface area contributed by atoms with Gasteiger partial charge in [0.15, 0.2) is 0 Å². The van der Waals surface area contributed by atoms with Crippen molar-refractivity contribution in [2.24, 2.45) is 0 Å². The maximum atomic E-state index is 8.33. The van der Waals surface area contributed by atoms with Gasteiger partial charge in [0.1, 0.15) is 0 Å². The minimum Gasteiger partial charge on any atom is 2.00 e. The summed E-state index contributed by atoms with van der Waals surface area (Å²) in [5.74, 6) is 0. The molecule has 0 aliphatic carbocycles. The first-order valence-corrected chi connectivity index (χ1v) is 0.612. The molecule has 6 heteroatoms. The zero-order valence-electron chi connectivity index (χ0n) is 2.93. The number of carbonyl (C=O) groups is 1. The van der Waals surface area contributed by atoms with E-state index in [1.165, 1.54) is 0 Å². The Balaban J connectivity index is -0.0000000150. The number of hydrogen-bond donors (Lipinski definition) is 0. The zero-order valence-corrected chi connectivity index (χ0v) is 4.35. The molecule has 0 radical (unpaired) electrons. The minimum atomic E-state index is -2.33. The molecule has 0 rings (SSSR count). The Kier molecular flexibility index (Phi) is 52.4. The summed E-state index contributed by atoms with van der Waals surface area (Å²) in [6, 6.07) is 0. The van der Waals surface area contributed by atoms with Crippen LogP contribution in [0.1, 0.15) is 0 Å². The van der Waals surface area contributed by atoms with Crippen LogP contribution < -0.4 is 10.2 Å². The fourth-order valence-corrected chi connectivity index (χ4v) is 0. The molecule has 0 aromatic heterocycles. The van der Waals surface area contributed by atoms with Gasteiger partial charge in [-0.2, -0.15) is 0 Å². The Hall–Kier alpha value is 1.63. The average molecular weight is 142 g/mol. The van der Waals surface area contributed by atoms with Gasteiger partial charge in [-0.05, 0) is 6.16 Å². The second-order valence-corrected chi connectivity index (χ2v) is 0.250. The number of carboxylic acid groups (broad SMARTS) is 2. The van der Waals surface area contributed by atoms with Crippen LogP contribution in [0.25, 0.3) is 0 Å². The van der Waals surface area contributed by atoms with Crippen LogP contribution in [0.4, 0.5) is 4.79 Å². The van der Waals surface area contributed by atoms with Gasteiger partial charge in [-0.25, -0.2) is 0 Å². The Labute approximate surface area is 99.2 Å². The molecule has 0 bridgehead atoms. The molecule has 0 unspecified atom stereocenters. The molecule has 7 heavy (non-hydrogen) atoms. The molecular weight excluding hydrogens is 139 g/mol. The quantitative estimate of drug-likeness (QED) is 0.320. The molecule has 0 fully saturated rings. The molecule has 0 aromatic rings. The second-order valence-electron chi connectivity index (χ2n) is 0.250. The maximum Gasteiger partial charge on any atom is 2.00 e. The van der Waals surface area contributed by atoms with Crippen molar-refractivity contribution in [2.75, 3.05) is 0 Å². The van der Waals surface area contributed by atoms with Gasteiger partial charge in [0, 0.05) is 0 Å². The first kappa shape index (κ1) is 23.4. The average Bonchev–Trinajstić information content (AvgIpc) is 0.811. The normalized spacial score (nSPS) is 3.43. The summed E-state index contributed by atoms with van der Waals surface area (Å²) in [5, 5.41) is 16.7. The maximum absolute atomic E-state index is 8.33. The van der Waals surface area contributed by atoms with Crippen molar-refractivity contribution in [3.05, 3.63) is 0 Å². The Bertz CT molecular complexity index is 34.7. The minimum absolute atomic E-state index is 0. The summed E-state index contributed by atoms with van der Waals surface area (Å²) in [6.07, 6.45) is -2.33. The number of hydrogen-bond acceptors (Lipinski definition) is 3. The van der Waals surface area contributed by atoms with Crippen molar-refractivity contribution < 1.29 is 20.5 Å². The molecule has 0 saturated heterocycles. The molecule has 34 valence electrons. The summed E-state index contributed by atoms with van der Waals surface area (Å²) in [5.41, 5.74) is 0. The molecule has 0 heterocycles. The van der Waals surface area contributed by atoms with Crippen LogP contribution in [0.2, 0.25) is 0 Å². The third kappa shape index (κ3) is 90.9. The number of carbonyl (C=O) groups excluding carboxylic acids is 1. The summed E-state index contributed by atoms with van der Waals surface area (Å²) in [7, 11) is 0. The Morgan fingerprint density at radius 1 is 1.29 bits per heavy atom. The van der Waals surface area contributed by atoms with E-state index in [4.69, 9.17) is 15.0 Å². The second kappa shape index (κ2) is 15.6. The van der Waals surface area contributed by atoms with Crippen LogP contribution in [0, 0.1) is 0 Å². The van der Waals surface area contributed by atoms with Crippen LogP contribution >= 0.6 is 0 Å². The van der Waals surface area contributed by atoms with Crippen molar-refractivity contribution >= 4 is 80.6 Å². The fraction of sp³-hybridized carbons (Fsp3) is 0. The van der Waals surface area contributed by atoms with Crippen molar-refractivity contribution in [1.82, 2.24) is 0 Å². The predicted molar refractivity (Wildman–Crippen MR) is 21.9 cm³/mol. The molecule has 0 aliphatic heterocycles. The Morgan fingerprint density at radius 3 is 1.29 bits per heavy atom. The van der Waals surface area contributed by atoms with Gasteiger partial charge in [0.2, 0.25) is 0 Å². The van der Waals surface area contributed by atoms with Crippen molar-refractivity contribution in [2.45, 2.75) is 0 Å². The fourth-order valence-electron chi connectivity index (χ4n) is 0. The third-order valence-corrected chi connectivity index (χ3v) is 0. The molecule has 0 amide bonds. The molecule has 0 aliphatic rings. The standard InChI is InChI=1S/CH2O3.K.Mg.H2O.H/c2-1(3)4;;;;/h(H2,2,3,4);;;1H2;/q;;+2;;/p-2. The molecule has 4 nitrogen and oxygen atoms in total. The molecular formula is CH3KMgO4. The van der Waals surface area contributed by atoms with E-state index in [0.29, 0.717) is 0 Å². The van der Waals surface area contributed by atoms with E-state index in [1.54, 1.807) is 0 Å². The third-order valence-electron chi connectivity index (χ3n) is 0. The summed E-state index contributed by atoms with van der Waals surface area (Å²) < 4.78 is 0. The molecule has 0 saturated carbocycles. The predicted octanol–water partition coefficient (Wildman–Crippen LogP) is -4.30. The summed E-state index contributed by atoms with van der Waals surface area (Å²) in [6.45, 7) is 0. The SMILES string of the molecule is O.O=C([O-])[O-].[KH].[Mg+2]. The van der Waals surface area contributed by atoms with Crippen LogP contribution in [-0.4, -0.2) is 86.1 Å². The largest absolute Gasteiger partial charge is 2.00 e. The van der Waals surface area contributed by atoms with E-state index in [1.807, 2.05) is 0 Å². The van der Waals surface area contributed by atoms with Gasteiger partial charge in [0.05, 0.1) is 0 Å². The van der Waals surface area contributed by atoms with E-state index in [2.05, 4.69) is 0 Å². The van der Waals surface area contributed by atoms with E-state index in [-0.39, 0.29) is 79.9 Å². The van der Waals surface area contributed by atoms with Crippen LogP contribution in [0.15, 0.2) is 0 Å². The van der Waals surface area contributed by atoms with Gasteiger partial charge in [0.25, 0.3) is 0 Å². The zero-order chi connectivity index (χ0) is 3.58. The van der Waals surface area contributed by atoms with Crippen molar-refractivity contribution in [3.8, 4) is 0 Å². The first-order valence-electron chi connectivity index (χ1n) is 0.612. The van der Waals surface area contributed by atoms with Gasteiger partial charge in [-0.15, -0.1) is 0 Å². The van der Waals surface area contributed by atoms with E-state index in [9.17, 15) is 0 Å². The molecule has 0 atom stereocenters. The van der Waals surface area contributed by atoms with Gasteiger partial charge >= 0.3 is 74.4 Å². The van der Waals surface area contributed by atoms with Gasteiger partial charge < -0.3 is 20.5 Å². The Morgan fingerprint density at radius 2 is 1.29 bits per heavy atom. The van der Waals surface area contributed by atoms with Crippen molar-refractivity contribution in [1.29, 1.82) is 0 Å². The summed E-state index contributed by atoms with van der Waals surface area (Å²) >= 11 is 0. The van der Waals surface area contributed by atoms with Crippen LogP contribution in [-0.2, 0) is 0 Å². The summed E-state index contributed by atoms with van der Waals surface area (Å²) in [4.78, 5) is 8.33. The van der Waals surface area contributed by atoms with Gasteiger partial charge in [-0.1, -0.05) is 0 Å². The molecule has 2 N–H and O–H groups in total. The molecule has 0 aromatic carbocycles. The van der Waals surface area contributed by atoms with Crippen LogP contribution in [0.3, 0.4) is 0 Å². The van der Waals surface area contributed by atoms with E-state index >= 15 is 0 Å². The monoisotopic (exact) mass is 142 g/mol. The van der Waals surface area contributed by atoms with Crippen molar-refractivity contribution in [3.63, 3.8) is 0 Å². The number of rotatable bonds is 0. The smallest absolute Gasteiger partial charge is 2.00 e. The van der Waals surface area contributed by atoms with E-state index < -0.39 is 6.16 Å². The van der Waals surface area contributed by atoms with E-state index in [0.717, 1.165) is 0 Å². The van der Waals surface area contributed by atoms with Gasteiger partial charge in [-0.3, -0.25) is 0 Å². The van der Waals surface area contributed by atoms with Crippen LogP contribution in [0.5, 0.6) is 0 Å². The molecule has 0 spiro atoms. The topological polar surface area (TPSA) is 94.7 Å².